The second kappa shape index (κ2) is 4.77. The van der Waals surface area contributed by atoms with Gasteiger partial charge in [-0.25, -0.2) is 12.8 Å². The zero-order valence-corrected chi connectivity index (χ0v) is 8.48. The molecule has 7 heteroatoms. The van der Waals surface area contributed by atoms with E-state index >= 15 is 0 Å². The van der Waals surface area contributed by atoms with Gasteiger partial charge in [0.25, 0.3) is 0 Å². The molecule has 0 saturated carbocycles. The fourth-order valence-corrected chi connectivity index (χ4v) is 2.12. The topological polar surface area (TPSA) is 82.9 Å². The van der Waals surface area contributed by atoms with Gasteiger partial charge in [0.1, 0.15) is 5.82 Å². The summed E-state index contributed by atoms with van der Waals surface area (Å²) >= 11 is 0. The quantitative estimate of drug-likeness (QED) is 0.448. The Morgan fingerprint density at radius 3 is 2.80 bits per heavy atom. The molecule has 0 spiro atoms. The molecule has 0 radical (unpaired) electrons. The maximum atomic E-state index is 12.7. The van der Waals surface area contributed by atoms with Crippen molar-refractivity contribution in [2.45, 2.75) is 4.90 Å². The number of sulfone groups is 1. The Labute approximate surface area is 86.1 Å². The monoisotopic (exact) mass is 229 g/mol. The van der Waals surface area contributed by atoms with Crippen LogP contribution in [0.25, 0.3) is 10.4 Å². The first kappa shape index (κ1) is 11.5. The molecule has 1 aromatic rings. The Kier molecular flexibility index (Phi) is 3.65. The molecule has 0 amide bonds. The van der Waals surface area contributed by atoms with Crippen molar-refractivity contribution in [3.8, 4) is 0 Å². The van der Waals surface area contributed by atoms with E-state index in [0.717, 1.165) is 12.1 Å². The number of azide groups is 1. The van der Waals surface area contributed by atoms with Crippen molar-refractivity contribution in [3.63, 3.8) is 0 Å². The van der Waals surface area contributed by atoms with Crippen LogP contribution >= 0.6 is 0 Å². The van der Waals surface area contributed by atoms with Gasteiger partial charge in [-0.2, -0.15) is 0 Å². The number of halogens is 1. The molecule has 0 fully saturated rings. The molecular formula is C8H8FN3O2S. The van der Waals surface area contributed by atoms with Gasteiger partial charge in [0.15, 0.2) is 9.84 Å². The number of hydrogen-bond donors (Lipinski definition) is 0. The third-order valence-electron chi connectivity index (χ3n) is 1.68. The Balaban J connectivity index is 2.91. The molecule has 15 heavy (non-hydrogen) atoms. The molecule has 1 aromatic carbocycles. The summed E-state index contributed by atoms with van der Waals surface area (Å²) in [5, 5.41) is 3.11. The first-order valence-corrected chi connectivity index (χ1v) is 5.70. The number of rotatable bonds is 4. The third kappa shape index (κ3) is 3.23. The maximum Gasteiger partial charge on any atom is 0.178 e. The van der Waals surface area contributed by atoms with Crippen molar-refractivity contribution in [2.75, 3.05) is 12.3 Å². The van der Waals surface area contributed by atoms with Crippen LogP contribution in [-0.2, 0) is 9.84 Å². The highest BCUT2D eigenvalue weighted by Gasteiger charge is 2.13. The standard InChI is InChI=1S/C8H8FN3O2S/c9-7-2-1-3-8(6-7)15(13,14)5-4-11-12-10/h1-3,6H,4-5H2. The second-order valence-corrected chi connectivity index (χ2v) is 4.84. The average molecular weight is 229 g/mol. The molecule has 0 aliphatic heterocycles. The summed E-state index contributed by atoms with van der Waals surface area (Å²) in [7, 11) is -3.56. The molecule has 1 rings (SSSR count). The number of benzene rings is 1. The lowest BCUT2D eigenvalue weighted by Gasteiger charge is -2.01. The van der Waals surface area contributed by atoms with E-state index in [-0.39, 0.29) is 17.2 Å². The van der Waals surface area contributed by atoms with Crippen LogP contribution < -0.4 is 0 Å². The summed E-state index contributed by atoms with van der Waals surface area (Å²) in [5.74, 6) is -0.930. The first-order chi connectivity index (χ1) is 7.06. The van der Waals surface area contributed by atoms with Gasteiger partial charge in [0.05, 0.1) is 10.6 Å². The summed E-state index contributed by atoms with van der Waals surface area (Å²) in [6.07, 6.45) is 0. The van der Waals surface area contributed by atoms with Crippen molar-refractivity contribution in [3.05, 3.63) is 40.5 Å². The van der Waals surface area contributed by atoms with E-state index in [4.69, 9.17) is 5.53 Å². The Morgan fingerprint density at radius 2 is 2.20 bits per heavy atom. The van der Waals surface area contributed by atoms with Crippen molar-refractivity contribution in [2.24, 2.45) is 5.11 Å². The molecule has 5 nitrogen and oxygen atoms in total. The maximum absolute atomic E-state index is 12.7. The predicted octanol–water partition coefficient (Wildman–Crippen LogP) is 1.91. The predicted molar refractivity (Wildman–Crippen MR) is 52.5 cm³/mol. The van der Waals surface area contributed by atoms with Crippen LogP contribution in [-0.4, -0.2) is 20.7 Å². The number of nitrogens with zero attached hydrogens (tertiary/aromatic N) is 3. The molecule has 0 saturated heterocycles. The van der Waals surface area contributed by atoms with Crippen molar-refractivity contribution in [1.82, 2.24) is 0 Å². The summed E-state index contributed by atoms with van der Waals surface area (Å²) < 4.78 is 35.8. The van der Waals surface area contributed by atoms with E-state index in [1.807, 2.05) is 0 Å². The second-order valence-electron chi connectivity index (χ2n) is 2.73. The fraction of sp³-hybridized carbons (Fsp3) is 0.250. The highest BCUT2D eigenvalue weighted by molar-refractivity contribution is 7.91. The average Bonchev–Trinajstić information content (AvgIpc) is 2.18. The third-order valence-corrected chi connectivity index (χ3v) is 3.37. The van der Waals surface area contributed by atoms with Crippen LogP contribution in [0, 0.1) is 5.82 Å². The lowest BCUT2D eigenvalue weighted by atomic mass is 10.4. The zero-order valence-electron chi connectivity index (χ0n) is 7.67. The van der Waals surface area contributed by atoms with Crippen LogP contribution in [0.5, 0.6) is 0 Å². The van der Waals surface area contributed by atoms with E-state index in [1.165, 1.54) is 12.1 Å². The highest BCUT2D eigenvalue weighted by Crippen LogP contribution is 2.12. The number of hydrogen-bond acceptors (Lipinski definition) is 3. The van der Waals surface area contributed by atoms with E-state index in [0.29, 0.717) is 0 Å². The molecular weight excluding hydrogens is 221 g/mol. The molecule has 80 valence electrons. The van der Waals surface area contributed by atoms with Gasteiger partial charge in [0, 0.05) is 11.5 Å². The van der Waals surface area contributed by atoms with Gasteiger partial charge < -0.3 is 0 Å². The molecule has 0 bridgehead atoms. The van der Waals surface area contributed by atoms with E-state index < -0.39 is 15.7 Å². The van der Waals surface area contributed by atoms with Crippen molar-refractivity contribution >= 4 is 9.84 Å². The lowest BCUT2D eigenvalue weighted by Crippen LogP contribution is -2.09. The Bertz CT molecular complexity index is 494. The summed E-state index contributed by atoms with van der Waals surface area (Å²) in [6, 6.07) is 4.71. The minimum absolute atomic E-state index is 0.101. The van der Waals surface area contributed by atoms with E-state index in [1.54, 1.807) is 0 Å². The smallest absolute Gasteiger partial charge is 0.178 e. The lowest BCUT2D eigenvalue weighted by molar-refractivity contribution is 0.590. The van der Waals surface area contributed by atoms with Crippen molar-refractivity contribution < 1.29 is 12.8 Å². The fourth-order valence-electron chi connectivity index (χ4n) is 0.984. The van der Waals surface area contributed by atoms with E-state index in [2.05, 4.69) is 10.0 Å². The Hall–Kier alpha value is -1.59. The van der Waals surface area contributed by atoms with Gasteiger partial charge in [-0.05, 0) is 23.7 Å². The molecule has 0 aliphatic carbocycles. The zero-order chi connectivity index (χ0) is 11.3. The largest absolute Gasteiger partial charge is 0.224 e. The normalized spacial score (nSPS) is 10.7. The minimum Gasteiger partial charge on any atom is -0.224 e. The Morgan fingerprint density at radius 1 is 1.47 bits per heavy atom. The van der Waals surface area contributed by atoms with Crippen LogP contribution in [0.1, 0.15) is 0 Å². The summed E-state index contributed by atoms with van der Waals surface area (Å²) in [4.78, 5) is 2.34. The van der Waals surface area contributed by atoms with Gasteiger partial charge in [-0.3, -0.25) is 0 Å². The molecule has 0 N–H and O–H groups in total. The van der Waals surface area contributed by atoms with Gasteiger partial charge >= 0.3 is 0 Å². The van der Waals surface area contributed by atoms with Gasteiger partial charge in [-0.15, -0.1) is 0 Å². The van der Waals surface area contributed by atoms with Crippen LogP contribution in [0.15, 0.2) is 34.3 Å². The van der Waals surface area contributed by atoms with Crippen molar-refractivity contribution in [1.29, 1.82) is 0 Å². The van der Waals surface area contributed by atoms with Crippen LogP contribution in [0.3, 0.4) is 0 Å². The molecule has 0 aliphatic rings. The van der Waals surface area contributed by atoms with Crippen LogP contribution in [0.2, 0.25) is 0 Å². The molecule has 0 heterocycles. The van der Waals surface area contributed by atoms with E-state index in [9.17, 15) is 12.8 Å². The van der Waals surface area contributed by atoms with Gasteiger partial charge in [-0.1, -0.05) is 11.2 Å². The summed E-state index contributed by atoms with van der Waals surface area (Å²) in [5.41, 5.74) is 7.98. The molecule has 0 atom stereocenters. The molecule has 0 aromatic heterocycles. The van der Waals surface area contributed by atoms with Gasteiger partial charge in [0.2, 0.25) is 0 Å². The highest BCUT2D eigenvalue weighted by atomic mass is 32.2. The summed E-state index contributed by atoms with van der Waals surface area (Å²) in [6.45, 7) is -0.157. The SMILES string of the molecule is [N-]=[N+]=NCCS(=O)(=O)c1cccc(F)c1. The molecule has 0 unspecified atom stereocenters. The van der Waals surface area contributed by atoms with Crippen LogP contribution in [0.4, 0.5) is 4.39 Å². The first-order valence-electron chi connectivity index (χ1n) is 4.05. The minimum atomic E-state index is -3.56.